The van der Waals surface area contributed by atoms with Gasteiger partial charge in [0.25, 0.3) is 0 Å². The van der Waals surface area contributed by atoms with Gasteiger partial charge in [-0.25, -0.2) is 0 Å². The first-order chi connectivity index (χ1) is 6.60. The van der Waals surface area contributed by atoms with E-state index in [1.54, 1.807) is 7.05 Å². The lowest BCUT2D eigenvalue weighted by Gasteiger charge is -2.22. The fourth-order valence-corrected chi connectivity index (χ4v) is 2.06. The van der Waals surface area contributed by atoms with Crippen LogP contribution in [-0.2, 0) is 9.53 Å². The molecule has 0 aromatic rings. The van der Waals surface area contributed by atoms with Crippen molar-refractivity contribution in [1.82, 2.24) is 5.32 Å². The molecule has 14 heavy (non-hydrogen) atoms. The van der Waals surface area contributed by atoms with Gasteiger partial charge in [0, 0.05) is 0 Å². The second-order valence-corrected chi connectivity index (χ2v) is 3.95. The largest absolute Gasteiger partial charge is 0.480 e. The second kappa shape index (κ2) is 4.75. The standard InChI is InChI=1S/C10H19NO3/c1-4-7-5-6(2)9(14-7)8(11-3)10(12)13/h6-9,11H,4-5H2,1-3H3,(H,12,13). The van der Waals surface area contributed by atoms with Crippen LogP contribution in [0, 0.1) is 5.92 Å². The van der Waals surface area contributed by atoms with E-state index in [1.165, 1.54) is 0 Å². The number of carbonyl (C=O) groups is 1. The molecule has 4 nitrogen and oxygen atoms in total. The highest BCUT2D eigenvalue weighted by molar-refractivity contribution is 5.74. The van der Waals surface area contributed by atoms with E-state index in [2.05, 4.69) is 12.2 Å². The Balaban J connectivity index is 2.63. The molecule has 4 atom stereocenters. The lowest BCUT2D eigenvalue weighted by atomic mass is 9.96. The van der Waals surface area contributed by atoms with Gasteiger partial charge in [-0.1, -0.05) is 13.8 Å². The molecule has 0 spiro atoms. The van der Waals surface area contributed by atoms with Crippen molar-refractivity contribution < 1.29 is 14.6 Å². The number of hydrogen-bond donors (Lipinski definition) is 2. The van der Waals surface area contributed by atoms with Crippen LogP contribution in [0.5, 0.6) is 0 Å². The number of aliphatic carboxylic acids is 1. The summed E-state index contributed by atoms with van der Waals surface area (Å²) in [4.78, 5) is 10.9. The van der Waals surface area contributed by atoms with E-state index in [0.29, 0.717) is 5.92 Å². The predicted molar refractivity (Wildman–Crippen MR) is 53.2 cm³/mol. The van der Waals surface area contributed by atoms with Crippen LogP contribution in [0.25, 0.3) is 0 Å². The number of ether oxygens (including phenoxy) is 1. The maximum Gasteiger partial charge on any atom is 0.323 e. The van der Waals surface area contributed by atoms with E-state index in [9.17, 15) is 4.79 Å². The highest BCUT2D eigenvalue weighted by Gasteiger charge is 2.39. The minimum absolute atomic E-state index is 0.192. The monoisotopic (exact) mass is 201 g/mol. The SMILES string of the molecule is CCC1CC(C)C(C(NC)C(=O)O)O1. The Labute approximate surface area is 84.6 Å². The zero-order valence-electron chi connectivity index (χ0n) is 8.99. The van der Waals surface area contributed by atoms with E-state index >= 15 is 0 Å². The van der Waals surface area contributed by atoms with Gasteiger partial charge in [0.2, 0.25) is 0 Å². The summed E-state index contributed by atoms with van der Waals surface area (Å²) in [6, 6.07) is -0.582. The summed E-state index contributed by atoms with van der Waals surface area (Å²) in [7, 11) is 1.66. The molecule has 1 heterocycles. The van der Waals surface area contributed by atoms with Gasteiger partial charge in [-0.2, -0.15) is 0 Å². The quantitative estimate of drug-likeness (QED) is 0.708. The van der Waals surface area contributed by atoms with Gasteiger partial charge < -0.3 is 15.2 Å². The predicted octanol–water partition coefficient (Wildman–Crippen LogP) is 0.863. The highest BCUT2D eigenvalue weighted by Crippen LogP contribution is 2.29. The molecule has 0 amide bonds. The fraction of sp³-hybridized carbons (Fsp3) is 0.900. The summed E-state index contributed by atoms with van der Waals surface area (Å²) < 4.78 is 5.69. The van der Waals surface area contributed by atoms with Gasteiger partial charge >= 0.3 is 5.97 Å². The molecule has 0 bridgehead atoms. The minimum Gasteiger partial charge on any atom is -0.480 e. The molecular formula is C10H19NO3. The maximum atomic E-state index is 10.9. The Kier molecular flexibility index (Phi) is 3.89. The molecule has 1 fully saturated rings. The summed E-state index contributed by atoms with van der Waals surface area (Å²) >= 11 is 0. The Morgan fingerprint density at radius 2 is 2.36 bits per heavy atom. The first kappa shape index (κ1) is 11.5. The van der Waals surface area contributed by atoms with Gasteiger partial charge in [0.05, 0.1) is 12.2 Å². The van der Waals surface area contributed by atoms with Crippen LogP contribution in [0.3, 0.4) is 0 Å². The molecule has 4 heteroatoms. The van der Waals surface area contributed by atoms with Crippen molar-refractivity contribution in [3.05, 3.63) is 0 Å². The number of hydrogen-bond acceptors (Lipinski definition) is 3. The fourth-order valence-electron chi connectivity index (χ4n) is 2.06. The molecule has 1 aliphatic heterocycles. The van der Waals surface area contributed by atoms with Gasteiger partial charge in [0.15, 0.2) is 0 Å². The summed E-state index contributed by atoms with van der Waals surface area (Å²) in [5, 5.41) is 11.8. The van der Waals surface area contributed by atoms with E-state index in [1.807, 2.05) is 6.92 Å². The van der Waals surface area contributed by atoms with E-state index in [4.69, 9.17) is 9.84 Å². The summed E-state index contributed by atoms with van der Waals surface area (Å²) in [6.07, 6.45) is 1.96. The van der Waals surface area contributed by atoms with Crippen LogP contribution in [-0.4, -0.2) is 36.4 Å². The third kappa shape index (κ3) is 2.25. The van der Waals surface area contributed by atoms with Crippen LogP contribution in [0.2, 0.25) is 0 Å². The van der Waals surface area contributed by atoms with Gasteiger partial charge in [-0.3, -0.25) is 4.79 Å². The van der Waals surface area contributed by atoms with Crippen LogP contribution in [0.1, 0.15) is 26.7 Å². The number of carboxylic acid groups (broad SMARTS) is 1. The molecule has 82 valence electrons. The van der Waals surface area contributed by atoms with Gasteiger partial charge in [-0.15, -0.1) is 0 Å². The van der Waals surface area contributed by atoms with Crippen LogP contribution in [0.4, 0.5) is 0 Å². The molecule has 0 aromatic carbocycles. The lowest BCUT2D eigenvalue weighted by molar-refractivity contribution is -0.144. The Morgan fingerprint density at radius 1 is 1.71 bits per heavy atom. The molecule has 0 aliphatic carbocycles. The molecule has 1 saturated heterocycles. The number of rotatable bonds is 4. The third-order valence-electron chi connectivity index (χ3n) is 2.91. The third-order valence-corrected chi connectivity index (χ3v) is 2.91. The van der Waals surface area contributed by atoms with Crippen molar-refractivity contribution in [2.75, 3.05) is 7.05 Å². The topological polar surface area (TPSA) is 58.6 Å². The lowest BCUT2D eigenvalue weighted by Crippen LogP contribution is -2.46. The molecule has 0 saturated carbocycles. The van der Waals surface area contributed by atoms with Crippen molar-refractivity contribution in [1.29, 1.82) is 0 Å². The molecule has 2 N–H and O–H groups in total. The second-order valence-electron chi connectivity index (χ2n) is 3.95. The van der Waals surface area contributed by atoms with Crippen LogP contribution in [0.15, 0.2) is 0 Å². The zero-order chi connectivity index (χ0) is 10.7. The van der Waals surface area contributed by atoms with Crippen molar-refractivity contribution >= 4 is 5.97 Å². The van der Waals surface area contributed by atoms with E-state index in [0.717, 1.165) is 12.8 Å². The molecule has 1 rings (SSSR count). The Hall–Kier alpha value is -0.610. The van der Waals surface area contributed by atoms with Crippen molar-refractivity contribution in [3.8, 4) is 0 Å². The maximum absolute atomic E-state index is 10.9. The molecule has 1 aliphatic rings. The average molecular weight is 201 g/mol. The number of likely N-dealkylation sites (N-methyl/N-ethyl adjacent to an activating group) is 1. The van der Waals surface area contributed by atoms with Crippen LogP contribution >= 0.6 is 0 Å². The van der Waals surface area contributed by atoms with E-state index < -0.39 is 12.0 Å². The zero-order valence-corrected chi connectivity index (χ0v) is 8.99. The van der Waals surface area contributed by atoms with Gasteiger partial charge in [0.1, 0.15) is 6.04 Å². The summed E-state index contributed by atoms with van der Waals surface area (Å²) in [5.41, 5.74) is 0. The minimum atomic E-state index is -0.832. The summed E-state index contributed by atoms with van der Waals surface area (Å²) in [5.74, 6) is -0.519. The Morgan fingerprint density at radius 3 is 2.71 bits per heavy atom. The Bertz CT molecular complexity index is 208. The van der Waals surface area contributed by atoms with Crippen molar-refractivity contribution in [2.24, 2.45) is 5.92 Å². The first-order valence-corrected chi connectivity index (χ1v) is 5.15. The number of nitrogens with one attached hydrogen (secondary N) is 1. The first-order valence-electron chi connectivity index (χ1n) is 5.15. The molecule has 0 radical (unpaired) electrons. The van der Waals surface area contributed by atoms with Crippen LogP contribution < -0.4 is 5.32 Å². The molecular weight excluding hydrogens is 182 g/mol. The van der Waals surface area contributed by atoms with Crippen molar-refractivity contribution in [3.63, 3.8) is 0 Å². The van der Waals surface area contributed by atoms with Crippen molar-refractivity contribution in [2.45, 2.75) is 44.9 Å². The highest BCUT2D eigenvalue weighted by atomic mass is 16.5. The summed E-state index contributed by atoms with van der Waals surface area (Å²) in [6.45, 7) is 4.11. The molecule has 0 aromatic heterocycles. The smallest absolute Gasteiger partial charge is 0.323 e. The van der Waals surface area contributed by atoms with Gasteiger partial charge in [-0.05, 0) is 25.8 Å². The average Bonchev–Trinajstić information content (AvgIpc) is 2.48. The number of carboxylic acids is 1. The molecule has 4 unspecified atom stereocenters. The van der Waals surface area contributed by atoms with E-state index in [-0.39, 0.29) is 12.2 Å². The normalized spacial score (nSPS) is 34.4.